The average molecular weight is 471 g/mol. The third-order valence-electron chi connectivity index (χ3n) is 6.26. The predicted molar refractivity (Wildman–Crippen MR) is 141 cm³/mol. The number of carbonyl (C=O) groups excluding carboxylic acids is 1. The highest BCUT2D eigenvalue weighted by Crippen LogP contribution is 2.36. The first-order valence-corrected chi connectivity index (χ1v) is 11.9. The fraction of sp³-hybridized carbons (Fsp3) is 0.207. The third-order valence-corrected chi connectivity index (χ3v) is 6.50. The molecule has 0 aliphatic carbocycles. The number of aryl methyl sites for hydroxylation is 1. The van der Waals surface area contributed by atoms with Crippen molar-refractivity contribution < 1.29 is 9.53 Å². The van der Waals surface area contributed by atoms with E-state index in [1.165, 1.54) is 11.1 Å². The molecule has 0 fully saturated rings. The quantitative estimate of drug-likeness (QED) is 0.300. The van der Waals surface area contributed by atoms with Gasteiger partial charge in [0.2, 0.25) is 0 Å². The van der Waals surface area contributed by atoms with Gasteiger partial charge in [0.15, 0.2) is 0 Å². The van der Waals surface area contributed by atoms with Crippen LogP contribution < -0.4 is 10.1 Å². The summed E-state index contributed by atoms with van der Waals surface area (Å²) in [5.74, 6) is 1.24. The summed E-state index contributed by atoms with van der Waals surface area (Å²) in [7, 11) is 0. The van der Waals surface area contributed by atoms with Crippen LogP contribution in [0.3, 0.4) is 0 Å². The lowest BCUT2D eigenvalue weighted by atomic mass is 10.0. The van der Waals surface area contributed by atoms with Crippen molar-refractivity contribution in [2.75, 3.05) is 11.9 Å². The van der Waals surface area contributed by atoms with Crippen LogP contribution in [0.15, 0.2) is 66.9 Å². The molecule has 4 aromatic rings. The fourth-order valence-electron chi connectivity index (χ4n) is 4.54. The Bertz CT molecular complexity index is 1430. The Morgan fingerprint density at radius 1 is 1.09 bits per heavy atom. The molecule has 0 atom stereocenters. The molecule has 172 valence electrons. The molecule has 5 rings (SSSR count). The van der Waals surface area contributed by atoms with Crippen LogP contribution in [0.4, 0.5) is 5.69 Å². The normalized spacial score (nSPS) is 14.1. The number of carbonyl (C=O) groups is 1. The van der Waals surface area contributed by atoms with Gasteiger partial charge in [0.25, 0.3) is 5.91 Å². The molecule has 0 saturated carbocycles. The molecular formula is C29H27ClN2O2. The third kappa shape index (κ3) is 4.22. The summed E-state index contributed by atoms with van der Waals surface area (Å²) in [4.78, 5) is 12.7. The molecule has 4 nitrogen and oxygen atoms in total. The zero-order valence-corrected chi connectivity index (χ0v) is 20.3. The van der Waals surface area contributed by atoms with E-state index in [1.54, 1.807) is 6.07 Å². The molecule has 1 N–H and O–H groups in total. The molecule has 1 amide bonds. The summed E-state index contributed by atoms with van der Waals surface area (Å²) in [5.41, 5.74) is 6.79. The lowest BCUT2D eigenvalue weighted by Crippen LogP contribution is -2.09. The van der Waals surface area contributed by atoms with E-state index in [2.05, 4.69) is 67.2 Å². The molecule has 0 unspecified atom stereocenters. The summed E-state index contributed by atoms with van der Waals surface area (Å²) in [6.45, 7) is 7.71. The van der Waals surface area contributed by atoms with Crippen molar-refractivity contribution >= 4 is 45.7 Å². The van der Waals surface area contributed by atoms with Crippen molar-refractivity contribution in [1.29, 1.82) is 0 Å². The van der Waals surface area contributed by atoms with Gasteiger partial charge in [-0.1, -0.05) is 61.8 Å². The summed E-state index contributed by atoms with van der Waals surface area (Å²) >= 11 is 6.10. The number of fused-ring (bicyclic) bond motifs is 2. The Morgan fingerprint density at radius 2 is 1.91 bits per heavy atom. The molecule has 2 heterocycles. The lowest BCUT2D eigenvalue weighted by molar-refractivity contribution is -0.110. The van der Waals surface area contributed by atoms with Crippen LogP contribution in [0.2, 0.25) is 5.02 Å². The van der Waals surface area contributed by atoms with Crippen molar-refractivity contribution in [1.82, 2.24) is 4.57 Å². The first-order valence-electron chi connectivity index (χ1n) is 11.5. The topological polar surface area (TPSA) is 43.3 Å². The minimum Gasteiger partial charge on any atom is -0.491 e. The minimum atomic E-state index is -0.113. The van der Waals surface area contributed by atoms with Crippen molar-refractivity contribution in [3.63, 3.8) is 0 Å². The van der Waals surface area contributed by atoms with E-state index < -0.39 is 0 Å². The Hall–Kier alpha value is -3.50. The van der Waals surface area contributed by atoms with Crippen LogP contribution in [0.1, 0.15) is 42.0 Å². The van der Waals surface area contributed by atoms with Crippen molar-refractivity contribution in [3.05, 3.63) is 94.1 Å². The first kappa shape index (κ1) is 22.3. The number of hydrogen-bond donors (Lipinski definition) is 1. The Balaban J connectivity index is 1.44. The summed E-state index contributed by atoms with van der Waals surface area (Å²) in [6, 6.07) is 20.1. The zero-order valence-electron chi connectivity index (χ0n) is 19.6. The maximum atomic E-state index is 12.7. The molecule has 0 bridgehead atoms. The highest BCUT2D eigenvalue weighted by atomic mass is 35.5. The van der Waals surface area contributed by atoms with Gasteiger partial charge in [-0.05, 0) is 54.3 Å². The SMILES string of the molecule is Cc1ccc(C(C)C)c(OCCn2cc(/C=C3/C(=O)Nc4cc(Cl)ccc43)c3ccccc32)c1. The van der Waals surface area contributed by atoms with E-state index >= 15 is 0 Å². The molecule has 34 heavy (non-hydrogen) atoms. The van der Waals surface area contributed by atoms with Crippen LogP contribution >= 0.6 is 11.6 Å². The lowest BCUT2D eigenvalue weighted by Gasteiger charge is -2.15. The maximum absolute atomic E-state index is 12.7. The molecule has 3 aromatic carbocycles. The second kappa shape index (κ2) is 9.03. The number of benzene rings is 3. The van der Waals surface area contributed by atoms with Crippen molar-refractivity contribution in [2.24, 2.45) is 0 Å². The van der Waals surface area contributed by atoms with Crippen molar-refractivity contribution in [3.8, 4) is 5.75 Å². The number of halogens is 1. The molecule has 1 aliphatic rings. The van der Waals surface area contributed by atoms with E-state index in [9.17, 15) is 4.79 Å². The van der Waals surface area contributed by atoms with Crippen LogP contribution in [0.5, 0.6) is 5.75 Å². The molecule has 1 aromatic heterocycles. The van der Waals surface area contributed by atoms with Gasteiger partial charge in [0.1, 0.15) is 12.4 Å². The van der Waals surface area contributed by atoms with E-state index in [1.807, 2.05) is 30.3 Å². The number of aromatic nitrogens is 1. The van der Waals surface area contributed by atoms with E-state index in [-0.39, 0.29) is 5.91 Å². The minimum absolute atomic E-state index is 0.113. The number of para-hydroxylation sites is 1. The number of amides is 1. The van der Waals surface area contributed by atoms with Crippen LogP contribution in [-0.2, 0) is 11.3 Å². The second-order valence-corrected chi connectivity index (χ2v) is 9.48. The Kier molecular flexibility index (Phi) is 5.93. The average Bonchev–Trinajstić information content (AvgIpc) is 3.30. The molecule has 0 spiro atoms. The number of anilines is 1. The Labute approximate surface area is 204 Å². The number of nitrogens with one attached hydrogen (secondary N) is 1. The largest absolute Gasteiger partial charge is 0.491 e. The van der Waals surface area contributed by atoms with Gasteiger partial charge in [0.05, 0.1) is 12.2 Å². The van der Waals surface area contributed by atoms with E-state index in [4.69, 9.17) is 16.3 Å². The first-order chi connectivity index (χ1) is 16.4. The van der Waals surface area contributed by atoms with Gasteiger partial charge in [-0.25, -0.2) is 0 Å². The van der Waals surface area contributed by atoms with Gasteiger partial charge in [-0.2, -0.15) is 0 Å². The van der Waals surface area contributed by atoms with Gasteiger partial charge < -0.3 is 14.6 Å². The molecule has 1 aliphatic heterocycles. The summed E-state index contributed by atoms with van der Waals surface area (Å²) in [5, 5.41) is 4.62. The summed E-state index contributed by atoms with van der Waals surface area (Å²) < 4.78 is 8.43. The molecular weight excluding hydrogens is 444 g/mol. The maximum Gasteiger partial charge on any atom is 0.256 e. The fourth-order valence-corrected chi connectivity index (χ4v) is 4.71. The highest BCUT2D eigenvalue weighted by Gasteiger charge is 2.24. The van der Waals surface area contributed by atoms with Crippen LogP contribution in [-0.4, -0.2) is 17.1 Å². The molecule has 5 heteroatoms. The Morgan fingerprint density at radius 3 is 2.74 bits per heavy atom. The second-order valence-electron chi connectivity index (χ2n) is 9.04. The van der Waals surface area contributed by atoms with Gasteiger partial charge in [-0.3, -0.25) is 4.79 Å². The smallest absolute Gasteiger partial charge is 0.256 e. The number of rotatable bonds is 6. The predicted octanol–water partition coefficient (Wildman–Crippen LogP) is 7.30. The van der Waals surface area contributed by atoms with E-state index in [0.29, 0.717) is 29.7 Å². The van der Waals surface area contributed by atoms with Gasteiger partial charge in [0, 0.05) is 38.8 Å². The van der Waals surface area contributed by atoms with Crippen molar-refractivity contribution in [2.45, 2.75) is 33.2 Å². The molecule has 0 radical (unpaired) electrons. The molecule has 0 saturated heterocycles. The van der Waals surface area contributed by atoms with Gasteiger partial charge in [-0.15, -0.1) is 0 Å². The standard InChI is InChI=1S/C29H27ClN2O2/c1-18(2)22-10-8-19(3)14-28(22)34-13-12-32-17-20(23-6-4-5-7-27(23)32)15-25-24-11-9-21(30)16-26(24)31-29(25)33/h4-11,14-18H,12-13H2,1-3H3,(H,31,33)/b25-15+. The van der Waals surface area contributed by atoms with Gasteiger partial charge >= 0.3 is 0 Å². The monoisotopic (exact) mass is 470 g/mol. The number of nitrogens with zero attached hydrogens (tertiary/aromatic N) is 1. The zero-order chi connectivity index (χ0) is 23.8. The van der Waals surface area contributed by atoms with Crippen LogP contribution in [0, 0.1) is 6.92 Å². The van der Waals surface area contributed by atoms with E-state index in [0.717, 1.165) is 33.5 Å². The number of ether oxygens (including phenoxy) is 1. The number of hydrogen-bond acceptors (Lipinski definition) is 2. The summed E-state index contributed by atoms with van der Waals surface area (Å²) in [6.07, 6.45) is 4.06. The highest BCUT2D eigenvalue weighted by molar-refractivity contribution is 6.36. The van der Waals surface area contributed by atoms with Crippen LogP contribution in [0.25, 0.3) is 22.6 Å².